The van der Waals surface area contributed by atoms with Crippen LogP contribution < -0.4 is 4.74 Å². The lowest BCUT2D eigenvalue weighted by Crippen LogP contribution is -1.85. The third kappa shape index (κ3) is 1.87. The van der Waals surface area contributed by atoms with Crippen molar-refractivity contribution in [3.8, 4) is 11.8 Å². The SMILES string of the molecule is Cc1c[nH]c(Oc2ccccn2)c1. The van der Waals surface area contributed by atoms with Crippen molar-refractivity contribution >= 4 is 0 Å². The standard InChI is InChI=1S/C10H10N2O/c1-8-6-10(12-7-8)13-9-4-2-3-5-11-9/h2-7,12H,1H3. The number of H-pyrrole nitrogens is 1. The number of nitrogens with one attached hydrogen (secondary N) is 1. The summed E-state index contributed by atoms with van der Waals surface area (Å²) in [4.78, 5) is 7.03. The van der Waals surface area contributed by atoms with Gasteiger partial charge in [0.05, 0.1) is 0 Å². The van der Waals surface area contributed by atoms with E-state index in [0.29, 0.717) is 5.88 Å². The van der Waals surface area contributed by atoms with Gasteiger partial charge in [-0.3, -0.25) is 0 Å². The van der Waals surface area contributed by atoms with E-state index in [1.807, 2.05) is 37.4 Å². The van der Waals surface area contributed by atoms with Crippen molar-refractivity contribution in [2.24, 2.45) is 0 Å². The second-order valence-corrected chi connectivity index (χ2v) is 2.81. The number of hydrogen-bond donors (Lipinski definition) is 1. The number of pyridine rings is 1. The summed E-state index contributed by atoms with van der Waals surface area (Å²) in [6.07, 6.45) is 3.59. The van der Waals surface area contributed by atoms with Crippen LogP contribution in [0.2, 0.25) is 0 Å². The fraction of sp³-hybridized carbons (Fsp3) is 0.100. The zero-order chi connectivity index (χ0) is 9.10. The summed E-state index contributed by atoms with van der Waals surface area (Å²) < 4.78 is 5.43. The average molecular weight is 174 g/mol. The van der Waals surface area contributed by atoms with Gasteiger partial charge < -0.3 is 9.72 Å². The van der Waals surface area contributed by atoms with Crippen LogP contribution in [0.3, 0.4) is 0 Å². The lowest BCUT2D eigenvalue weighted by Gasteiger charge is -1.99. The predicted molar refractivity (Wildman–Crippen MR) is 49.8 cm³/mol. The summed E-state index contributed by atoms with van der Waals surface area (Å²) in [6, 6.07) is 7.48. The Bertz CT molecular complexity index is 381. The summed E-state index contributed by atoms with van der Waals surface area (Å²) in [5.74, 6) is 1.32. The zero-order valence-electron chi connectivity index (χ0n) is 7.32. The van der Waals surface area contributed by atoms with Crippen LogP contribution in [0.25, 0.3) is 0 Å². The van der Waals surface area contributed by atoms with Gasteiger partial charge in [-0.15, -0.1) is 0 Å². The molecule has 2 aromatic heterocycles. The van der Waals surface area contributed by atoms with Crippen LogP contribution in [-0.2, 0) is 0 Å². The molecular formula is C10H10N2O. The van der Waals surface area contributed by atoms with Crippen molar-refractivity contribution in [2.75, 3.05) is 0 Å². The molecular weight excluding hydrogens is 164 g/mol. The highest BCUT2D eigenvalue weighted by atomic mass is 16.5. The van der Waals surface area contributed by atoms with Gasteiger partial charge >= 0.3 is 0 Å². The minimum absolute atomic E-state index is 0.601. The van der Waals surface area contributed by atoms with Crippen molar-refractivity contribution in [2.45, 2.75) is 6.92 Å². The molecule has 0 aliphatic rings. The maximum Gasteiger partial charge on any atom is 0.221 e. The second kappa shape index (κ2) is 3.31. The molecule has 0 unspecified atom stereocenters. The summed E-state index contributed by atoms with van der Waals surface area (Å²) in [5.41, 5.74) is 1.14. The number of aromatic nitrogens is 2. The topological polar surface area (TPSA) is 37.9 Å². The van der Waals surface area contributed by atoms with Gasteiger partial charge in [0.25, 0.3) is 0 Å². The first kappa shape index (κ1) is 7.86. The number of rotatable bonds is 2. The van der Waals surface area contributed by atoms with E-state index in [0.717, 1.165) is 11.4 Å². The van der Waals surface area contributed by atoms with Crippen LogP contribution in [0.1, 0.15) is 5.56 Å². The predicted octanol–water partition coefficient (Wildman–Crippen LogP) is 2.51. The van der Waals surface area contributed by atoms with Gasteiger partial charge in [0, 0.05) is 24.5 Å². The van der Waals surface area contributed by atoms with E-state index in [2.05, 4.69) is 9.97 Å². The summed E-state index contributed by atoms with van der Waals surface area (Å²) in [5, 5.41) is 0. The van der Waals surface area contributed by atoms with E-state index in [1.54, 1.807) is 6.20 Å². The van der Waals surface area contributed by atoms with Crippen LogP contribution >= 0.6 is 0 Å². The Labute approximate surface area is 76.4 Å². The maximum absolute atomic E-state index is 5.43. The number of aryl methyl sites for hydroxylation is 1. The maximum atomic E-state index is 5.43. The third-order valence-electron chi connectivity index (χ3n) is 1.65. The van der Waals surface area contributed by atoms with Gasteiger partial charge in [0.1, 0.15) is 0 Å². The molecule has 66 valence electrons. The molecule has 0 radical (unpaired) electrons. The van der Waals surface area contributed by atoms with Gasteiger partial charge in [0.2, 0.25) is 5.88 Å². The largest absolute Gasteiger partial charge is 0.423 e. The van der Waals surface area contributed by atoms with Gasteiger partial charge in [-0.05, 0) is 18.6 Å². The molecule has 13 heavy (non-hydrogen) atoms. The van der Waals surface area contributed by atoms with Gasteiger partial charge in [-0.2, -0.15) is 0 Å². The highest BCUT2D eigenvalue weighted by Gasteiger charge is 1.98. The number of ether oxygens (including phenoxy) is 1. The minimum Gasteiger partial charge on any atom is -0.423 e. The minimum atomic E-state index is 0.601. The number of nitrogens with zero attached hydrogens (tertiary/aromatic N) is 1. The fourth-order valence-corrected chi connectivity index (χ4v) is 1.05. The van der Waals surface area contributed by atoms with Crippen molar-refractivity contribution in [3.63, 3.8) is 0 Å². The van der Waals surface area contributed by atoms with Crippen LogP contribution in [0.5, 0.6) is 11.8 Å². The molecule has 2 heterocycles. The second-order valence-electron chi connectivity index (χ2n) is 2.81. The molecule has 0 amide bonds. The van der Waals surface area contributed by atoms with Crippen LogP contribution in [0, 0.1) is 6.92 Å². The van der Waals surface area contributed by atoms with Crippen LogP contribution in [0.15, 0.2) is 36.7 Å². The zero-order valence-corrected chi connectivity index (χ0v) is 7.32. The molecule has 3 heteroatoms. The normalized spacial score (nSPS) is 9.92. The molecule has 2 rings (SSSR count). The van der Waals surface area contributed by atoms with Gasteiger partial charge in [0.15, 0.2) is 5.88 Å². The lowest BCUT2D eigenvalue weighted by atomic mass is 10.4. The molecule has 0 aliphatic carbocycles. The van der Waals surface area contributed by atoms with Crippen LogP contribution in [0.4, 0.5) is 0 Å². The molecule has 0 spiro atoms. The van der Waals surface area contributed by atoms with Crippen molar-refractivity contribution in [3.05, 3.63) is 42.2 Å². The molecule has 2 aromatic rings. The van der Waals surface area contributed by atoms with E-state index in [4.69, 9.17) is 4.74 Å². The molecule has 0 fully saturated rings. The average Bonchev–Trinajstić information content (AvgIpc) is 2.53. The van der Waals surface area contributed by atoms with E-state index >= 15 is 0 Å². The molecule has 0 aromatic carbocycles. The van der Waals surface area contributed by atoms with Gasteiger partial charge in [-0.25, -0.2) is 4.98 Å². The Morgan fingerprint density at radius 1 is 1.38 bits per heavy atom. The van der Waals surface area contributed by atoms with Crippen LogP contribution in [-0.4, -0.2) is 9.97 Å². The molecule has 1 N–H and O–H groups in total. The molecule has 0 saturated heterocycles. The van der Waals surface area contributed by atoms with Crippen molar-refractivity contribution in [1.29, 1.82) is 0 Å². The third-order valence-corrected chi connectivity index (χ3v) is 1.65. The summed E-state index contributed by atoms with van der Waals surface area (Å²) in [6.45, 7) is 2.00. The van der Waals surface area contributed by atoms with Crippen molar-refractivity contribution < 1.29 is 4.74 Å². The fourth-order valence-electron chi connectivity index (χ4n) is 1.05. The number of aromatic amines is 1. The quantitative estimate of drug-likeness (QED) is 0.759. The molecule has 0 atom stereocenters. The van der Waals surface area contributed by atoms with Gasteiger partial charge in [-0.1, -0.05) is 6.07 Å². The Hall–Kier alpha value is -1.77. The molecule has 3 nitrogen and oxygen atoms in total. The molecule has 0 bridgehead atoms. The first-order chi connectivity index (χ1) is 6.34. The first-order valence-electron chi connectivity index (χ1n) is 4.08. The summed E-state index contributed by atoms with van der Waals surface area (Å²) in [7, 11) is 0. The van der Waals surface area contributed by atoms with E-state index < -0.39 is 0 Å². The Balaban J connectivity index is 2.15. The number of hydrogen-bond acceptors (Lipinski definition) is 2. The molecule has 0 aliphatic heterocycles. The first-order valence-corrected chi connectivity index (χ1v) is 4.08. The smallest absolute Gasteiger partial charge is 0.221 e. The monoisotopic (exact) mass is 174 g/mol. The van der Waals surface area contributed by atoms with Crippen molar-refractivity contribution in [1.82, 2.24) is 9.97 Å². The lowest BCUT2D eigenvalue weighted by molar-refractivity contribution is 0.447. The van der Waals surface area contributed by atoms with E-state index in [9.17, 15) is 0 Å². The molecule has 0 saturated carbocycles. The Morgan fingerprint density at radius 3 is 2.92 bits per heavy atom. The van der Waals surface area contributed by atoms with E-state index in [1.165, 1.54) is 0 Å². The van der Waals surface area contributed by atoms with E-state index in [-0.39, 0.29) is 0 Å². The Morgan fingerprint density at radius 2 is 2.31 bits per heavy atom. The highest BCUT2D eigenvalue weighted by Crippen LogP contribution is 2.17. The Kier molecular flexibility index (Phi) is 2.00. The highest BCUT2D eigenvalue weighted by molar-refractivity contribution is 5.24. The summed E-state index contributed by atoms with van der Waals surface area (Å²) >= 11 is 0.